The fourth-order valence-corrected chi connectivity index (χ4v) is 3.54. The Balaban J connectivity index is 1.80. The van der Waals surface area contributed by atoms with Crippen LogP contribution in [-0.4, -0.2) is 20.2 Å². The number of hydrogen-bond donors (Lipinski definition) is 1. The lowest BCUT2D eigenvalue weighted by atomic mass is 10.0. The molecule has 0 radical (unpaired) electrons. The van der Waals surface area contributed by atoms with Crippen molar-refractivity contribution in [3.8, 4) is 11.1 Å². The van der Waals surface area contributed by atoms with Gasteiger partial charge in [-0.05, 0) is 35.4 Å². The highest BCUT2D eigenvalue weighted by Crippen LogP contribution is 2.22. The van der Waals surface area contributed by atoms with E-state index < -0.39 is 27.4 Å². The third-order valence-corrected chi connectivity index (χ3v) is 5.36. The molecule has 0 saturated heterocycles. The first-order chi connectivity index (χ1) is 12.5. The first kappa shape index (κ1) is 17.8. The Bertz CT molecular complexity index is 1020. The van der Waals surface area contributed by atoms with Gasteiger partial charge in [0.2, 0.25) is 0 Å². The van der Waals surface area contributed by atoms with Crippen LogP contribution in [0.5, 0.6) is 0 Å². The summed E-state index contributed by atoms with van der Waals surface area (Å²) in [5, 5.41) is 2.29. The maximum atomic E-state index is 14.1. The maximum Gasteiger partial charge on any atom is 0.255 e. The van der Waals surface area contributed by atoms with Gasteiger partial charge in [0.15, 0.2) is 9.84 Å². The fourth-order valence-electron chi connectivity index (χ4n) is 2.48. The van der Waals surface area contributed by atoms with Crippen molar-refractivity contribution < 1.29 is 17.6 Å². The lowest BCUT2D eigenvalue weighted by Crippen LogP contribution is -2.30. The Morgan fingerprint density at radius 2 is 1.46 bits per heavy atom. The molecule has 0 aromatic heterocycles. The van der Waals surface area contributed by atoms with Crippen molar-refractivity contribution in [3.05, 3.63) is 90.2 Å². The molecule has 4 nitrogen and oxygen atoms in total. The highest BCUT2D eigenvalue weighted by atomic mass is 32.2. The van der Waals surface area contributed by atoms with Crippen LogP contribution in [0.3, 0.4) is 0 Å². The second kappa shape index (κ2) is 7.49. The Hall–Kier alpha value is -2.99. The van der Waals surface area contributed by atoms with Gasteiger partial charge >= 0.3 is 0 Å². The van der Waals surface area contributed by atoms with E-state index in [-0.39, 0.29) is 10.5 Å². The number of hydrogen-bond acceptors (Lipinski definition) is 3. The van der Waals surface area contributed by atoms with Crippen LogP contribution in [0.2, 0.25) is 0 Å². The van der Waals surface area contributed by atoms with Gasteiger partial charge in [-0.3, -0.25) is 4.79 Å². The topological polar surface area (TPSA) is 63.2 Å². The highest BCUT2D eigenvalue weighted by molar-refractivity contribution is 7.91. The van der Waals surface area contributed by atoms with Crippen LogP contribution in [0.25, 0.3) is 11.1 Å². The molecular weight excluding hydrogens is 353 g/mol. The maximum absolute atomic E-state index is 14.1. The summed E-state index contributed by atoms with van der Waals surface area (Å²) in [5.74, 6) is -2.09. The molecule has 1 N–H and O–H groups in total. The molecule has 3 rings (SSSR count). The number of carbonyl (C=O) groups excluding carboxylic acids is 1. The SMILES string of the molecule is O=C(NCS(=O)(=O)c1ccccc1)c1cc(-c2ccccc2)ccc1F. The first-order valence-electron chi connectivity index (χ1n) is 7.88. The van der Waals surface area contributed by atoms with Crippen molar-refractivity contribution in [3.63, 3.8) is 0 Å². The molecular formula is C20H16FNO3S. The van der Waals surface area contributed by atoms with E-state index >= 15 is 0 Å². The fraction of sp³-hybridized carbons (Fsp3) is 0.0500. The number of rotatable bonds is 5. The molecule has 3 aromatic rings. The summed E-state index contributed by atoms with van der Waals surface area (Å²) in [4.78, 5) is 12.4. The Kier molecular flexibility index (Phi) is 5.14. The third kappa shape index (κ3) is 3.97. The average Bonchev–Trinajstić information content (AvgIpc) is 2.68. The smallest absolute Gasteiger partial charge is 0.255 e. The van der Waals surface area contributed by atoms with E-state index in [0.717, 1.165) is 5.56 Å². The molecule has 0 aliphatic heterocycles. The van der Waals surface area contributed by atoms with E-state index in [4.69, 9.17) is 0 Å². The van der Waals surface area contributed by atoms with Gasteiger partial charge in [-0.25, -0.2) is 12.8 Å². The number of sulfone groups is 1. The van der Waals surface area contributed by atoms with Crippen LogP contribution in [0.15, 0.2) is 83.8 Å². The van der Waals surface area contributed by atoms with Crippen LogP contribution in [0, 0.1) is 5.82 Å². The normalized spacial score (nSPS) is 11.1. The zero-order chi connectivity index (χ0) is 18.6. The largest absolute Gasteiger partial charge is 0.337 e. The van der Waals surface area contributed by atoms with E-state index in [2.05, 4.69) is 5.32 Å². The molecule has 0 saturated carbocycles. The molecule has 0 unspecified atom stereocenters. The molecule has 0 aliphatic rings. The summed E-state index contributed by atoms with van der Waals surface area (Å²) >= 11 is 0. The molecule has 132 valence electrons. The van der Waals surface area contributed by atoms with E-state index in [0.29, 0.717) is 5.56 Å². The summed E-state index contributed by atoms with van der Waals surface area (Å²) < 4.78 is 38.5. The lowest BCUT2D eigenvalue weighted by Gasteiger charge is -2.09. The second-order valence-corrected chi connectivity index (χ2v) is 7.63. The predicted octanol–water partition coefficient (Wildman–Crippen LogP) is 3.65. The highest BCUT2D eigenvalue weighted by Gasteiger charge is 2.18. The van der Waals surface area contributed by atoms with Crippen LogP contribution in [0.4, 0.5) is 4.39 Å². The Morgan fingerprint density at radius 1 is 0.846 bits per heavy atom. The zero-order valence-electron chi connectivity index (χ0n) is 13.7. The summed E-state index contributed by atoms with van der Waals surface area (Å²) in [6.45, 7) is 0. The van der Waals surface area contributed by atoms with Crippen molar-refractivity contribution in [2.24, 2.45) is 0 Å². The Morgan fingerprint density at radius 3 is 2.12 bits per heavy atom. The molecule has 3 aromatic carbocycles. The molecule has 1 amide bonds. The predicted molar refractivity (Wildman–Crippen MR) is 97.8 cm³/mol. The number of amides is 1. The number of nitrogens with one attached hydrogen (secondary N) is 1. The van der Waals surface area contributed by atoms with Crippen molar-refractivity contribution in [2.75, 3.05) is 5.88 Å². The summed E-state index contributed by atoms with van der Waals surface area (Å²) in [5.41, 5.74) is 1.30. The van der Waals surface area contributed by atoms with Crippen LogP contribution < -0.4 is 5.32 Å². The molecule has 0 heterocycles. The summed E-state index contributed by atoms with van der Waals surface area (Å²) in [7, 11) is -3.69. The zero-order valence-corrected chi connectivity index (χ0v) is 14.5. The van der Waals surface area contributed by atoms with Crippen molar-refractivity contribution in [1.82, 2.24) is 5.32 Å². The van der Waals surface area contributed by atoms with E-state index in [1.807, 2.05) is 30.3 Å². The number of carbonyl (C=O) groups is 1. The quantitative estimate of drug-likeness (QED) is 0.747. The third-order valence-electron chi connectivity index (χ3n) is 3.84. The minimum Gasteiger partial charge on any atom is -0.337 e. The van der Waals surface area contributed by atoms with Crippen molar-refractivity contribution in [2.45, 2.75) is 4.90 Å². The van der Waals surface area contributed by atoms with E-state index in [1.165, 1.54) is 24.3 Å². The van der Waals surface area contributed by atoms with Gasteiger partial charge in [-0.2, -0.15) is 0 Å². The summed E-state index contributed by atoms with van der Waals surface area (Å²) in [6, 6.07) is 21.2. The molecule has 0 bridgehead atoms. The van der Waals surface area contributed by atoms with Crippen molar-refractivity contribution in [1.29, 1.82) is 0 Å². The van der Waals surface area contributed by atoms with Crippen molar-refractivity contribution >= 4 is 15.7 Å². The minimum absolute atomic E-state index is 0.0961. The average molecular weight is 369 g/mol. The molecule has 0 atom stereocenters. The first-order valence-corrected chi connectivity index (χ1v) is 9.53. The van der Waals surface area contributed by atoms with Gasteiger partial charge in [0.05, 0.1) is 10.5 Å². The van der Waals surface area contributed by atoms with Gasteiger partial charge in [-0.15, -0.1) is 0 Å². The van der Waals surface area contributed by atoms with Gasteiger partial charge < -0.3 is 5.32 Å². The number of halogens is 1. The number of benzene rings is 3. The molecule has 6 heteroatoms. The summed E-state index contributed by atoms with van der Waals surface area (Å²) in [6.07, 6.45) is 0. The van der Waals surface area contributed by atoms with Gasteiger partial charge in [0.25, 0.3) is 5.91 Å². The van der Waals surface area contributed by atoms with E-state index in [9.17, 15) is 17.6 Å². The van der Waals surface area contributed by atoms with Gasteiger partial charge in [-0.1, -0.05) is 54.6 Å². The minimum atomic E-state index is -3.69. The monoisotopic (exact) mass is 369 g/mol. The molecule has 0 fully saturated rings. The Labute approximate surface area is 151 Å². The van der Waals surface area contributed by atoms with Crippen LogP contribution >= 0.6 is 0 Å². The molecule has 0 aliphatic carbocycles. The van der Waals surface area contributed by atoms with E-state index in [1.54, 1.807) is 24.3 Å². The molecule has 0 spiro atoms. The van der Waals surface area contributed by atoms with Gasteiger partial charge in [0.1, 0.15) is 11.7 Å². The second-order valence-electron chi connectivity index (χ2n) is 5.64. The lowest BCUT2D eigenvalue weighted by molar-refractivity contribution is 0.0956. The van der Waals surface area contributed by atoms with Crippen LogP contribution in [-0.2, 0) is 9.84 Å². The van der Waals surface area contributed by atoms with Crippen LogP contribution in [0.1, 0.15) is 10.4 Å². The molecule has 26 heavy (non-hydrogen) atoms. The van der Waals surface area contributed by atoms with Gasteiger partial charge in [0, 0.05) is 0 Å². The standard InChI is InChI=1S/C20H16FNO3S/c21-19-12-11-16(15-7-3-1-4-8-15)13-18(19)20(23)22-14-26(24,25)17-9-5-2-6-10-17/h1-13H,14H2,(H,22,23).